The maximum atomic E-state index is 5.62. The van der Waals surface area contributed by atoms with Crippen LogP contribution in [0.3, 0.4) is 0 Å². The van der Waals surface area contributed by atoms with E-state index in [4.69, 9.17) is 4.74 Å². The highest BCUT2D eigenvalue weighted by molar-refractivity contribution is 5.68. The number of benzene rings is 1. The second kappa shape index (κ2) is 4.57. The van der Waals surface area contributed by atoms with Crippen LogP contribution in [0, 0.1) is 20.8 Å². The smallest absolute Gasteiger partial charge is 0.145 e. The molecule has 0 bridgehead atoms. The molecule has 0 aromatic heterocycles. The largest absolute Gasteiger partial charge is 0.494 e. The summed E-state index contributed by atoms with van der Waals surface area (Å²) in [7, 11) is 3.92. The van der Waals surface area contributed by atoms with Gasteiger partial charge in [-0.3, -0.25) is 0 Å². The first-order valence-corrected chi connectivity index (χ1v) is 6.14. The fourth-order valence-corrected chi connectivity index (χ4v) is 2.46. The Kier molecular flexibility index (Phi) is 3.29. The second-order valence-corrected chi connectivity index (χ2v) is 4.94. The molecule has 0 amide bonds. The van der Waals surface area contributed by atoms with E-state index in [1.165, 1.54) is 22.4 Å². The molecule has 1 N–H and O–H groups in total. The Balaban J connectivity index is 2.47. The molecule has 3 nitrogen and oxygen atoms in total. The van der Waals surface area contributed by atoms with Crippen LogP contribution >= 0.6 is 0 Å². The lowest BCUT2D eigenvalue weighted by Crippen LogP contribution is -2.56. The second-order valence-electron chi connectivity index (χ2n) is 4.94. The van der Waals surface area contributed by atoms with Crippen molar-refractivity contribution in [3.63, 3.8) is 0 Å². The first kappa shape index (κ1) is 12.2. The van der Waals surface area contributed by atoms with Crippen LogP contribution in [-0.2, 0) is 0 Å². The Bertz CT molecular complexity index is 425. The van der Waals surface area contributed by atoms with E-state index in [0.29, 0.717) is 6.04 Å². The molecule has 0 atom stereocenters. The van der Waals surface area contributed by atoms with Crippen molar-refractivity contribution in [1.29, 1.82) is 0 Å². The van der Waals surface area contributed by atoms with E-state index in [1.54, 1.807) is 7.11 Å². The van der Waals surface area contributed by atoms with Gasteiger partial charge in [0.25, 0.3) is 0 Å². The highest BCUT2D eigenvalue weighted by Gasteiger charge is 2.26. The first-order valence-electron chi connectivity index (χ1n) is 6.14. The highest BCUT2D eigenvalue weighted by atomic mass is 16.5. The first-order chi connectivity index (χ1) is 8.06. The Labute approximate surface area is 104 Å². The number of anilines is 1. The zero-order valence-electron chi connectivity index (χ0n) is 11.4. The van der Waals surface area contributed by atoms with Gasteiger partial charge in [-0.15, -0.1) is 0 Å². The van der Waals surface area contributed by atoms with Crippen molar-refractivity contribution < 1.29 is 4.74 Å². The summed E-state index contributed by atoms with van der Waals surface area (Å²) in [5.41, 5.74) is 5.07. The normalized spacial score (nSPS) is 15.6. The molecule has 17 heavy (non-hydrogen) atoms. The van der Waals surface area contributed by atoms with Crippen LogP contribution in [0.15, 0.2) is 6.07 Å². The lowest BCUT2D eigenvalue weighted by atomic mass is 10.0. The summed E-state index contributed by atoms with van der Waals surface area (Å²) < 4.78 is 5.62. The Hall–Kier alpha value is -1.22. The van der Waals surface area contributed by atoms with Crippen LogP contribution in [0.1, 0.15) is 16.7 Å². The molecule has 1 fully saturated rings. The zero-order chi connectivity index (χ0) is 12.6. The predicted octanol–water partition coefficient (Wildman–Crippen LogP) is 2.03. The van der Waals surface area contributed by atoms with Crippen molar-refractivity contribution >= 4 is 5.69 Å². The van der Waals surface area contributed by atoms with Crippen molar-refractivity contribution in [2.45, 2.75) is 26.8 Å². The van der Waals surface area contributed by atoms with Gasteiger partial charge in [0.1, 0.15) is 5.75 Å². The van der Waals surface area contributed by atoms with Crippen molar-refractivity contribution in [2.24, 2.45) is 0 Å². The van der Waals surface area contributed by atoms with Crippen molar-refractivity contribution in [1.82, 2.24) is 5.32 Å². The van der Waals surface area contributed by atoms with E-state index < -0.39 is 0 Å². The molecule has 1 aliphatic heterocycles. The molecule has 0 saturated carbocycles. The summed E-state index contributed by atoms with van der Waals surface area (Å²) in [5.74, 6) is 1.02. The fourth-order valence-electron chi connectivity index (χ4n) is 2.46. The number of nitrogens with one attached hydrogen (secondary N) is 1. The zero-order valence-corrected chi connectivity index (χ0v) is 11.4. The predicted molar refractivity (Wildman–Crippen MR) is 72.3 cm³/mol. The van der Waals surface area contributed by atoms with E-state index in [-0.39, 0.29) is 0 Å². The molecule has 1 aromatic carbocycles. The van der Waals surface area contributed by atoms with Gasteiger partial charge in [-0.2, -0.15) is 0 Å². The third-order valence-corrected chi connectivity index (χ3v) is 3.82. The Morgan fingerprint density at radius 2 is 1.88 bits per heavy atom. The highest BCUT2D eigenvalue weighted by Crippen LogP contribution is 2.37. The minimum absolute atomic E-state index is 0.588. The van der Waals surface area contributed by atoms with Gasteiger partial charge in [-0.25, -0.2) is 0 Å². The topological polar surface area (TPSA) is 24.5 Å². The van der Waals surface area contributed by atoms with Gasteiger partial charge in [0.15, 0.2) is 0 Å². The number of rotatable bonds is 3. The number of ether oxygens (including phenoxy) is 1. The van der Waals surface area contributed by atoms with Crippen LogP contribution in [0.5, 0.6) is 5.75 Å². The Morgan fingerprint density at radius 3 is 2.35 bits per heavy atom. The van der Waals surface area contributed by atoms with Crippen molar-refractivity contribution in [3.8, 4) is 5.75 Å². The van der Waals surface area contributed by atoms with Gasteiger partial charge >= 0.3 is 0 Å². The van der Waals surface area contributed by atoms with Crippen LogP contribution < -0.4 is 15.0 Å². The summed E-state index contributed by atoms with van der Waals surface area (Å²) in [6.45, 7) is 8.55. The maximum absolute atomic E-state index is 5.62. The molecule has 3 heteroatoms. The van der Waals surface area contributed by atoms with E-state index in [0.717, 1.165) is 18.8 Å². The van der Waals surface area contributed by atoms with Gasteiger partial charge < -0.3 is 15.0 Å². The molecule has 94 valence electrons. The SMILES string of the molecule is COc1c(C)c(C)cc(C)c1N(C)C1CNC1. The molecule has 1 aromatic rings. The number of hydrogen-bond donors (Lipinski definition) is 1. The summed E-state index contributed by atoms with van der Waals surface area (Å²) in [5, 5.41) is 3.31. The van der Waals surface area contributed by atoms with Gasteiger partial charge in [-0.1, -0.05) is 6.07 Å². The molecule has 1 heterocycles. The summed E-state index contributed by atoms with van der Waals surface area (Å²) >= 11 is 0. The van der Waals surface area contributed by atoms with Crippen molar-refractivity contribution in [3.05, 3.63) is 22.8 Å². The lowest BCUT2D eigenvalue weighted by molar-refractivity contribution is 0.397. The van der Waals surface area contributed by atoms with E-state index >= 15 is 0 Å². The number of nitrogens with zero attached hydrogens (tertiary/aromatic N) is 1. The molecule has 2 rings (SSSR count). The number of aryl methyl sites for hydroxylation is 2. The molecule has 1 saturated heterocycles. The minimum Gasteiger partial charge on any atom is -0.494 e. The van der Waals surface area contributed by atoms with E-state index in [2.05, 4.69) is 44.1 Å². The van der Waals surface area contributed by atoms with Gasteiger partial charge in [0, 0.05) is 20.1 Å². The van der Waals surface area contributed by atoms with E-state index in [1.807, 2.05) is 0 Å². The molecular formula is C14H22N2O. The number of hydrogen-bond acceptors (Lipinski definition) is 3. The summed E-state index contributed by atoms with van der Waals surface area (Å²) in [6.07, 6.45) is 0. The average Bonchev–Trinajstić information content (AvgIpc) is 2.20. The fraction of sp³-hybridized carbons (Fsp3) is 0.571. The van der Waals surface area contributed by atoms with Crippen LogP contribution in [0.2, 0.25) is 0 Å². The van der Waals surface area contributed by atoms with Gasteiger partial charge in [-0.05, 0) is 37.5 Å². The third kappa shape index (κ3) is 2.00. The molecule has 0 unspecified atom stereocenters. The molecule has 1 aliphatic rings. The minimum atomic E-state index is 0.588. The van der Waals surface area contributed by atoms with Crippen LogP contribution in [0.25, 0.3) is 0 Å². The molecular weight excluding hydrogens is 212 g/mol. The summed E-state index contributed by atoms with van der Waals surface area (Å²) in [6, 6.07) is 2.83. The Morgan fingerprint density at radius 1 is 1.24 bits per heavy atom. The quantitative estimate of drug-likeness (QED) is 0.866. The third-order valence-electron chi connectivity index (χ3n) is 3.82. The monoisotopic (exact) mass is 234 g/mol. The number of methoxy groups -OCH3 is 1. The standard InChI is InChI=1S/C14H22N2O/c1-9-6-10(2)13(14(17-5)11(9)3)16(4)12-7-15-8-12/h6,12,15H,7-8H2,1-5H3. The molecule has 0 aliphatic carbocycles. The van der Waals surface area contributed by atoms with Crippen LogP contribution in [0.4, 0.5) is 5.69 Å². The maximum Gasteiger partial charge on any atom is 0.145 e. The van der Waals surface area contributed by atoms with Gasteiger partial charge in [0.2, 0.25) is 0 Å². The van der Waals surface area contributed by atoms with E-state index in [9.17, 15) is 0 Å². The number of likely N-dealkylation sites (N-methyl/N-ethyl adjacent to an activating group) is 1. The van der Waals surface area contributed by atoms with Crippen molar-refractivity contribution in [2.75, 3.05) is 32.1 Å². The van der Waals surface area contributed by atoms with Crippen LogP contribution in [-0.4, -0.2) is 33.3 Å². The molecule has 0 radical (unpaired) electrons. The molecule has 0 spiro atoms. The lowest BCUT2D eigenvalue weighted by Gasteiger charge is -2.39. The average molecular weight is 234 g/mol. The van der Waals surface area contributed by atoms with Gasteiger partial charge in [0.05, 0.1) is 18.8 Å². The summed E-state index contributed by atoms with van der Waals surface area (Å²) in [4.78, 5) is 2.34.